The van der Waals surface area contributed by atoms with E-state index in [1.165, 1.54) is 7.11 Å². The number of likely N-dealkylation sites (tertiary alicyclic amines) is 1. The standard InChI is InChI=1S/C19H29NO6/c1-11-6-12(2)19(25)14(7-11)15(21)8-13-9-16(22)20(17(23)10-13)5-4-18(24)26-3/h11-15,21H,4-10H2,1-3H3/t11-,12-,14?,15?/m0/s1. The van der Waals surface area contributed by atoms with Crippen LogP contribution in [0.15, 0.2) is 0 Å². The molecule has 26 heavy (non-hydrogen) atoms. The number of carbonyl (C=O) groups excluding carboxylic acids is 4. The van der Waals surface area contributed by atoms with Gasteiger partial charge in [-0.3, -0.25) is 24.1 Å². The van der Waals surface area contributed by atoms with Gasteiger partial charge in [-0.1, -0.05) is 13.8 Å². The van der Waals surface area contributed by atoms with Crippen molar-refractivity contribution in [1.29, 1.82) is 0 Å². The van der Waals surface area contributed by atoms with Gasteiger partial charge in [-0.25, -0.2) is 0 Å². The minimum Gasteiger partial charge on any atom is -0.469 e. The Morgan fingerprint density at radius 2 is 1.81 bits per heavy atom. The van der Waals surface area contributed by atoms with E-state index in [0.717, 1.165) is 11.3 Å². The second-order valence-corrected chi connectivity index (χ2v) is 7.83. The van der Waals surface area contributed by atoms with Crippen LogP contribution in [0.5, 0.6) is 0 Å². The quantitative estimate of drug-likeness (QED) is 0.561. The van der Waals surface area contributed by atoms with Crippen molar-refractivity contribution in [3.05, 3.63) is 0 Å². The summed E-state index contributed by atoms with van der Waals surface area (Å²) < 4.78 is 4.53. The molecule has 7 heteroatoms. The van der Waals surface area contributed by atoms with Crippen molar-refractivity contribution >= 4 is 23.6 Å². The molecule has 2 rings (SSSR count). The van der Waals surface area contributed by atoms with Gasteiger partial charge in [-0.15, -0.1) is 0 Å². The zero-order valence-electron chi connectivity index (χ0n) is 15.8. The second-order valence-electron chi connectivity index (χ2n) is 7.83. The number of hydrogen-bond acceptors (Lipinski definition) is 6. The third kappa shape index (κ3) is 4.90. The van der Waals surface area contributed by atoms with Crippen LogP contribution in [0.2, 0.25) is 0 Å². The number of amides is 2. The molecule has 2 aliphatic rings. The fourth-order valence-corrected chi connectivity index (χ4v) is 4.23. The Balaban J connectivity index is 1.91. The number of hydrogen-bond donors (Lipinski definition) is 1. The Labute approximate surface area is 154 Å². The van der Waals surface area contributed by atoms with Crippen molar-refractivity contribution < 1.29 is 29.0 Å². The summed E-state index contributed by atoms with van der Waals surface area (Å²) in [6.45, 7) is 4.00. The number of piperidine rings is 1. The molecule has 1 aliphatic carbocycles. The van der Waals surface area contributed by atoms with Crippen LogP contribution in [0.4, 0.5) is 0 Å². The van der Waals surface area contributed by atoms with Crippen LogP contribution in [0.1, 0.15) is 52.4 Å². The molecule has 1 saturated heterocycles. The van der Waals surface area contributed by atoms with Gasteiger partial charge < -0.3 is 9.84 Å². The highest BCUT2D eigenvalue weighted by Gasteiger charge is 2.39. The molecule has 2 amide bonds. The van der Waals surface area contributed by atoms with Gasteiger partial charge in [0.2, 0.25) is 11.8 Å². The molecule has 0 spiro atoms. The number of rotatable bonds is 6. The molecular weight excluding hydrogens is 338 g/mol. The number of aliphatic hydroxyl groups is 1. The van der Waals surface area contributed by atoms with E-state index in [4.69, 9.17) is 0 Å². The average Bonchev–Trinajstić information content (AvgIpc) is 2.56. The Kier molecular flexibility index (Phi) is 6.92. The van der Waals surface area contributed by atoms with E-state index in [0.29, 0.717) is 12.3 Å². The Bertz CT molecular complexity index is 556. The van der Waals surface area contributed by atoms with E-state index in [-0.39, 0.29) is 61.7 Å². The predicted molar refractivity (Wildman–Crippen MR) is 92.8 cm³/mol. The number of methoxy groups -OCH3 is 1. The highest BCUT2D eigenvalue weighted by atomic mass is 16.5. The third-order valence-corrected chi connectivity index (χ3v) is 5.60. The minimum absolute atomic E-state index is 0.0202. The van der Waals surface area contributed by atoms with Crippen LogP contribution in [0, 0.1) is 23.7 Å². The normalized spacial score (nSPS) is 29.0. The molecule has 0 aromatic carbocycles. The van der Waals surface area contributed by atoms with Crippen molar-refractivity contribution in [2.45, 2.75) is 58.5 Å². The molecule has 2 unspecified atom stereocenters. The van der Waals surface area contributed by atoms with E-state index >= 15 is 0 Å². The summed E-state index contributed by atoms with van der Waals surface area (Å²) in [6, 6.07) is 0. The lowest BCUT2D eigenvalue weighted by Crippen LogP contribution is -2.46. The monoisotopic (exact) mass is 367 g/mol. The van der Waals surface area contributed by atoms with Gasteiger partial charge in [0, 0.05) is 31.2 Å². The summed E-state index contributed by atoms with van der Waals surface area (Å²) in [5.41, 5.74) is 0. The molecule has 146 valence electrons. The molecule has 0 radical (unpaired) electrons. The molecule has 0 bridgehead atoms. The molecule has 2 fully saturated rings. The van der Waals surface area contributed by atoms with Crippen LogP contribution in [-0.4, -0.2) is 53.3 Å². The second kappa shape index (κ2) is 8.75. The van der Waals surface area contributed by atoms with Crippen LogP contribution in [0.3, 0.4) is 0 Å². The summed E-state index contributed by atoms with van der Waals surface area (Å²) in [6.07, 6.45) is 1.24. The van der Waals surface area contributed by atoms with Crippen LogP contribution < -0.4 is 0 Å². The highest BCUT2D eigenvalue weighted by Crippen LogP contribution is 2.35. The number of ketones is 1. The Morgan fingerprint density at radius 3 is 2.38 bits per heavy atom. The first-order valence-electron chi connectivity index (χ1n) is 9.34. The minimum atomic E-state index is -0.820. The zero-order chi connectivity index (χ0) is 19.4. The molecular formula is C19H29NO6. The van der Waals surface area contributed by atoms with Gasteiger partial charge in [0.15, 0.2) is 0 Å². The highest BCUT2D eigenvalue weighted by molar-refractivity contribution is 5.98. The topological polar surface area (TPSA) is 101 Å². The van der Waals surface area contributed by atoms with Gasteiger partial charge >= 0.3 is 5.97 Å². The number of nitrogens with zero attached hydrogens (tertiary/aromatic N) is 1. The third-order valence-electron chi connectivity index (χ3n) is 5.60. The lowest BCUT2D eigenvalue weighted by Gasteiger charge is -2.35. The van der Waals surface area contributed by atoms with E-state index in [2.05, 4.69) is 11.7 Å². The van der Waals surface area contributed by atoms with Gasteiger partial charge in [-0.05, 0) is 31.1 Å². The fraction of sp³-hybridized carbons (Fsp3) is 0.789. The van der Waals surface area contributed by atoms with E-state index in [9.17, 15) is 24.3 Å². The molecule has 1 heterocycles. The SMILES string of the molecule is COC(=O)CCN1C(=O)CC(CC(O)C2C[C@@H](C)C[C@H](C)C2=O)CC1=O. The number of esters is 1. The van der Waals surface area contributed by atoms with Crippen molar-refractivity contribution in [2.24, 2.45) is 23.7 Å². The lowest BCUT2D eigenvalue weighted by atomic mass is 9.71. The maximum absolute atomic E-state index is 12.4. The fourth-order valence-electron chi connectivity index (χ4n) is 4.23. The van der Waals surface area contributed by atoms with Crippen molar-refractivity contribution in [1.82, 2.24) is 4.90 Å². The van der Waals surface area contributed by atoms with Crippen molar-refractivity contribution in [3.63, 3.8) is 0 Å². The molecule has 1 N–H and O–H groups in total. The molecule has 0 aromatic rings. The van der Waals surface area contributed by atoms with Gasteiger partial charge in [0.05, 0.1) is 19.6 Å². The van der Waals surface area contributed by atoms with Crippen molar-refractivity contribution in [3.8, 4) is 0 Å². The smallest absolute Gasteiger partial charge is 0.307 e. The molecule has 4 atom stereocenters. The number of imide groups is 1. The number of ether oxygens (including phenoxy) is 1. The first kappa shape index (κ1) is 20.6. The molecule has 0 aromatic heterocycles. The Hall–Kier alpha value is -1.76. The largest absolute Gasteiger partial charge is 0.469 e. The maximum atomic E-state index is 12.4. The number of Topliss-reactive ketones (excluding diaryl/α,β-unsaturated/α-hetero) is 1. The van der Waals surface area contributed by atoms with Crippen LogP contribution in [0.25, 0.3) is 0 Å². The van der Waals surface area contributed by atoms with Crippen LogP contribution >= 0.6 is 0 Å². The Morgan fingerprint density at radius 1 is 1.19 bits per heavy atom. The van der Waals surface area contributed by atoms with Gasteiger partial charge in [-0.2, -0.15) is 0 Å². The molecule has 1 aliphatic heterocycles. The zero-order valence-corrected chi connectivity index (χ0v) is 15.8. The number of aliphatic hydroxyl groups excluding tert-OH is 1. The lowest BCUT2D eigenvalue weighted by molar-refractivity contribution is -0.151. The van der Waals surface area contributed by atoms with Gasteiger partial charge in [0.25, 0.3) is 0 Å². The van der Waals surface area contributed by atoms with E-state index in [1.807, 2.05) is 6.92 Å². The van der Waals surface area contributed by atoms with E-state index < -0.39 is 18.0 Å². The first-order valence-corrected chi connectivity index (χ1v) is 9.34. The summed E-state index contributed by atoms with van der Waals surface area (Å²) in [5.74, 6) is -1.40. The summed E-state index contributed by atoms with van der Waals surface area (Å²) in [5, 5.41) is 10.6. The number of carbonyl (C=O) groups is 4. The summed E-state index contributed by atoms with van der Waals surface area (Å²) in [7, 11) is 1.26. The summed E-state index contributed by atoms with van der Waals surface area (Å²) in [4.78, 5) is 49.2. The first-order chi connectivity index (χ1) is 12.2. The molecule has 7 nitrogen and oxygen atoms in total. The summed E-state index contributed by atoms with van der Waals surface area (Å²) >= 11 is 0. The van der Waals surface area contributed by atoms with Crippen molar-refractivity contribution in [2.75, 3.05) is 13.7 Å². The van der Waals surface area contributed by atoms with Gasteiger partial charge in [0.1, 0.15) is 5.78 Å². The average molecular weight is 367 g/mol. The van der Waals surface area contributed by atoms with Crippen LogP contribution in [-0.2, 0) is 23.9 Å². The molecule has 1 saturated carbocycles. The van der Waals surface area contributed by atoms with E-state index in [1.54, 1.807) is 0 Å². The predicted octanol–water partition coefficient (Wildman–Crippen LogP) is 1.32. The maximum Gasteiger partial charge on any atom is 0.307 e.